The van der Waals surface area contributed by atoms with Gasteiger partial charge in [-0.1, -0.05) is 32.9 Å². The lowest BCUT2D eigenvalue weighted by Crippen LogP contribution is -2.48. The molecule has 0 saturated heterocycles. The van der Waals surface area contributed by atoms with E-state index in [1.54, 1.807) is 0 Å². The van der Waals surface area contributed by atoms with Crippen LogP contribution in [0.1, 0.15) is 52.9 Å². The monoisotopic (exact) mass is 247 g/mol. The van der Waals surface area contributed by atoms with E-state index in [0.29, 0.717) is 23.2 Å². The molecule has 0 spiro atoms. The molecule has 0 bridgehead atoms. The van der Waals surface area contributed by atoms with E-state index < -0.39 is 0 Å². The molecule has 4 atom stereocenters. The van der Waals surface area contributed by atoms with Crippen molar-refractivity contribution < 1.29 is 4.79 Å². The van der Waals surface area contributed by atoms with Gasteiger partial charge in [-0.15, -0.1) is 0 Å². The molecule has 2 nitrogen and oxygen atoms in total. The Kier molecular flexibility index (Phi) is 3.77. The third-order valence-corrected chi connectivity index (χ3v) is 5.32. The van der Waals surface area contributed by atoms with E-state index in [4.69, 9.17) is 0 Å². The van der Waals surface area contributed by atoms with Gasteiger partial charge in [0.2, 0.25) is 6.08 Å². The Hall–Kier alpha value is -0.880. The molecule has 0 radical (unpaired) electrons. The zero-order valence-corrected chi connectivity index (χ0v) is 11.9. The molecule has 0 aliphatic heterocycles. The zero-order valence-electron chi connectivity index (χ0n) is 11.9. The Labute approximate surface area is 111 Å². The second kappa shape index (κ2) is 5.01. The van der Waals surface area contributed by atoms with Crippen LogP contribution in [0.25, 0.3) is 0 Å². The van der Waals surface area contributed by atoms with Crippen LogP contribution < -0.4 is 0 Å². The Balaban J connectivity index is 2.36. The molecule has 0 aromatic carbocycles. The van der Waals surface area contributed by atoms with Gasteiger partial charge in [0.1, 0.15) is 0 Å². The first-order chi connectivity index (χ1) is 8.49. The SMILES string of the molecule is C=C1CCCC2(C)CCC(C(C)C)C(N=C=O)C12. The van der Waals surface area contributed by atoms with Crippen LogP contribution in [0.15, 0.2) is 17.1 Å². The molecule has 2 fully saturated rings. The number of hydrogen-bond donors (Lipinski definition) is 0. The van der Waals surface area contributed by atoms with Crippen molar-refractivity contribution in [3.8, 4) is 0 Å². The summed E-state index contributed by atoms with van der Waals surface area (Å²) in [5.41, 5.74) is 1.63. The van der Waals surface area contributed by atoms with Gasteiger partial charge in [-0.2, -0.15) is 0 Å². The van der Waals surface area contributed by atoms with Gasteiger partial charge in [0.05, 0.1) is 6.04 Å². The minimum Gasteiger partial charge on any atom is -0.211 e. The van der Waals surface area contributed by atoms with Gasteiger partial charge in [0.25, 0.3) is 0 Å². The van der Waals surface area contributed by atoms with Crippen LogP contribution in [0, 0.1) is 23.2 Å². The molecule has 18 heavy (non-hydrogen) atoms. The summed E-state index contributed by atoms with van der Waals surface area (Å²) in [4.78, 5) is 15.0. The van der Waals surface area contributed by atoms with Gasteiger partial charge in [-0.25, -0.2) is 9.79 Å². The molecule has 0 N–H and O–H groups in total. The van der Waals surface area contributed by atoms with Gasteiger partial charge in [-0.05, 0) is 49.4 Å². The molecule has 0 aromatic rings. The lowest BCUT2D eigenvalue weighted by Gasteiger charge is -2.52. The third-order valence-electron chi connectivity index (χ3n) is 5.32. The maximum atomic E-state index is 10.8. The molecular formula is C16H25NO. The first-order valence-corrected chi connectivity index (χ1v) is 7.24. The standard InChI is InChI=1S/C16H25NO/c1-11(2)13-7-9-16(4)8-5-6-12(3)14(16)15(13)17-10-18/h11,13-15H,3,5-9H2,1-2,4H3. The van der Waals surface area contributed by atoms with Crippen LogP contribution in [0.2, 0.25) is 0 Å². The van der Waals surface area contributed by atoms with E-state index in [1.165, 1.54) is 31.3 Å². The van der Waals surface area contributed by atoms with E-state index >= 15 is 0 Å². The van der Waals surface area contributed by atoms with Gasteiger partial charge < -0.3 is 0 Å². The van der Waals surface area contributed by atoms with Crippen molar-refractivity contribution in [3.63, 3.8) is 0 Å². The molecule has 2 aliphatic carbocycles. The number of nitrogens with zero attached hydrogens (tertiary/aromatic N) is 1. The number of carbonyl (C=O) groups excluding carboxylic acids is 1. The minimum absolute atomic E-state index is 0.119. The maximum absolute atomic E-state index is 10.8. The molecule has 4 unspecified atom stereocenters. The predicted octanol–water partition coefficient (Wildman–Crippen LogP) is 4.12. The molecule has 0 heterocycles. The number of hydrogen-bond acceptors (Lipinski definition) is 2. The third kappa shape index (κ3) is 2.19. The molecule has 0 amide bonds. The minimum atomic E-state index is 0.119. The van der Waals surface area contributed by atoms with Gasteiger partial charge in [0.15, 0.2) is 0 Å². The van der Waals surface area contributed by atoms with Crippen LogP contribution in [0.3, 0.4) is 0 Å². The number of isocyanates is 1. The van der Waals surface area contributed by atoms with Crippen LogP contribution in [-0.4, -0.2) is 12.1 Å². The molecule has 100 valence electrons. The van der Waals surface area contributed by atoms with Crippen molar-refractivity contribution in [1.29, 1.82) is 0 Å². The first kappa shape index (κ1) is 13.5. The summed E-state index contributed by atoms with van der Waals surface area (Å²) in [6.07, 6.45) is 7.88. The summed E-state index contributed by atoms with van der Waals surface area (Å²) in [5, 5.41) is 0. The second-order valence-electron chi connectivity index (χ2n) is 6.80. The molecular weight excluding hydrogens is 222 g/mol. The van der Waals surface area contributed by atoms with Gasteiger partial charge in [0, 0.05) is 5.92 Å². The quantitative estimate of drug-likeness (QED) is 0.410. The molecule has 2 rings (SSSR count). The summed E-state index contributed by atoms with van der Waals surface area (Å²) in [6, 6.07) is 0.119. The average molecular weight is 247 g/mol. The highest BCUT2D eigenvalue weighted by Gasteiger charge is 2.49. The molecule has 2 saturated carbocycles. The topological polar surface area (TPSA) is 29.4 Å². The Morgan fingerprint density at radius 3 is 2.78 bits per heavy atom. The van der Waals surface area contributed by atoms with Crippen molar-refractivity contribution in [3.05, 3.63) is 12.2 Å². The summed E-state index contributed by atoms with van der Waals surface area (Å²) in [5.74, 6) is 1.49. The van der Waals surface area contributed by atoms with Crippen LogP contribution in [0.5, 0.6) is 0 Å². The summed E-state index contributed by atoms with van der Waals surface area (Å²) in [6.45, 7) is 11.1. The van der Waals surface area contributed by atoms with E-state index in [2.05, 4.69) is 32.3 Å². The zero-order chi connectivity index (χ0) is 13.3. The van der Waals surface area contributed by atoms with Crippen LogP contribution in [0.4, 0.5) is 0 Å². The van der Waals surface area contributed by atoms with Crippen molar-refractivity contribution in [2.45, 2.75) is 58.9 Å². The van der Waals surface area contributed by atoms with Crippen LogP contribution >= 0.6 is 0 Å². The van der Waals surface area contributed by atoms with E-state index in [9.17, 15) is 4.79 Å². The van der Waals surface area contributed by atoms with E-state index in [-0.39, 0.29) is 6.04 Å². The Bertz CT molecular complexity index is 381. The molecule has 0 aromatic heterocycles. The number of rotatable bonds is 2. The second-order valence-corrected chi connectivity index (χ2v) is 6.80. The smallest absolute Gasteiger partial charge is 0.211 e. The largest absolute Gasteiger partial charge is 0.235 e. The normalized spacial score (nSPS) is 40.2. The fourth-order valence-electron chi connectivity index (χ4n) is 4.33. The highest BCUT2D eigenvalue weighted by atomic mass is 16.1. The molecule has 2 aliphatic rings. The van der Waals surface area contributed by atoms with Gasteiger partial charge >= 0.3 is 0 Å². The maximum Gasteiger partial charge on any atom is 0.235 e. The van der Waals surface area contributed by atoms with Crippen molar-refractivity contribution in [2.75, 3.05) is 0 Å². The number of aliphatic imine (C=N–C) groups is 1. The summed E-state index contributed by atoms with van der Waals surface area (Å²) >= 11 is 0. The lowest BCUT2D eigenvalue weighted by molar-refractivity contribution is 0.0381. The van der Waals surface area contributed by atoms with Crippen molar-refractivity contribution in [2.24, 2.45) is 28.2 Å². The van der Waals surface area contributed by atoms with Crippen LogP contribution in [-0.2, 0) is 4.79 Å². The first-order valence-electron chi connectivity index (χ1n) is 7.24. The Morgan fingerprint density at radius 1 is 1.44 bits per heavy atom. The summed E-state index contributed by atoms with van der Waals surface area (Å²) in [7, 11) is 0. The lowest BCUT2D eigenvalue weighted by atomic mass is 9.54. The average Bonchev–Trinajstić information content (AvgIpc) is 2.28. The summed E-state index contributed by atoms with van der Waals surface area (Å²) < 4.78 is 0. The van der Waals surface area contributed by atoms with E-state index in [0.717, 1.165) is 6.42 Å². The van der Waals surface area contributed by atoms with Crippen molar-refractivity contribution >= 4 is 6.08 Å². The predicted molar refractivity (Wildman–Crippen MR) is 74.1 cm³/mol. The molecule has 2 heteroatoms. The van der Waals surface area contributed by atoms with E-state index in [1.807, 2.05) is 6.08 Å². The van der Waals surface area contributed by atoms with Gasteiger partial charge in [-0.3, -0.25) is 0 Å². The highest BCUT2D eigenvalue weighted by molar-refractivity contribution is 5.35. The van der Waals surface area contributed by atoms with Crippen molar-refractivity contribution in [1.82, 2.24) is 0 Å². The number of fused-ring (bicyclic) bond motifs is 1. The fourth-order valence-corrected chi connectivity index (χ4v) is 4.33. The highest BCUT2D eigenvalue weighted by Crippen LogP contribution is 2.55. The Morgan fingerprint density at radius 2 is 2.17 bits per heavy atom. The fraction of sp³-hybridized carbons (Fsp3) is 0.812.